The van der Waals surface area contributed by atoms with Crippen LogP contribution < -0.4 is 15.4 Å². The van der Waals surface area contributed by atoms with E-state index in [0.29, 0.717) is 19.0 Å². The lowest BCUT2D eigenvalue weighted by Crippen LogP contribution is -2.36. The second-order valence-electron chi connectivity index (χ2n) is 6.25. The molecule has 6 heteroatoms. The Hall–Kier alpha value is -2.63. The zero-order valence-corrected chi connectivity index (χ0v) is 14.3. The molecule has 0 unspecified atom stereocenters. The highest BCUT2D eigenvalue weighted by atomic mass is 16.5. The second-order valence-corrected chi connectivity index (χ2v) is 6.25. The van der Waals surface area contributed by atoms with Crippen LogP contribution in [0.5, 0.6) is 5.88 Å². The number of hydrogen-bond acceptors (Lipinski definition) is 4. The molecule has 25 heavy (non-hydrogen) atoms. The molecule has 0 atom stereocenters. The van der Waals surface area contributed by atoms with Gasteiger partial charge in [-0.05, 0) is 55.4 Å². The molecule has 0 saturated heterocycles. The number of carbonyl (C=O) groups is 1. The molecule has 2 heterocycles. The number of ether oxygens (including phenoxy) is 1. The third-order valence-electron chi connectivity index (χ3n) is 4.26. The summed E-state index contributed by atoms with van der Waals surface area (Å²) in [6.45, 7) is 1.02. The lowest BCUT2D eigenvalue weighted by Gasteiger charge is -2.13. The molecule has 132 valence electrons. The van der Waals surface area contributed by atoms with Gasteiger partial charge in [0.2, 0.25) is 5.88 Å². The summed E-state index contributed by atoms with van der Waals surface area (Å²) >= 11 is 0. The van der Waals surface area contributed by atoms with Crippen LogP contribution in [0.15, 0.2) is 42.9 Å². The number of urea groups is 1. The zero-order chi connectivity index (χ0) is 17.3. The molecular weight excluding hydrogens is 316 g/mol. The number of amides is 2. The van der Waals surface area contributed by atoms with Crippen molar-refractivity contribution in [1.82, 2.24) is 20.6 Å². The van der Waals surface area contributed by atoms with Gasteiger partial charge in [-0.2, -0.15) is 0 Å². The summed E-state index contributed by atoms with van der Waals surface area (Å²) < 4.78 is 5.89. The van der Waals surface area contributed by atoms with Crippen molar-refractivity contribution in [2.45, 2.75) is 44.8 Å². The van der Waals surface area contributed by atoms with Crippen molar-refractivity contribution in [3.05, 3.63) is 54.0 Å². The molecule has 2 amide bonds. The highest BCUT2D eigenvalue weighted by Crippen LogP contribution is 2.23. The van der Waals surface area contributed by atoms with Crippen LogP contribution in [0.1, 0.15) is 36.8 Å². The van der Waals surface area contributed by atoms with Crippen LogP contribution in [0.25, 0.3) is 0 Å². The highest BCUT2D eigenvalue weighted by Gasteiger charge is 2.17. The summed E-state index contributed by atoms with van der Waals surface area (Å²) in [5.74, 6) is 0.642. The van der Waals surface area contributed by atoms with E-state index >= 15 is 0 Å². The average Bonchev–Trinajstić information content (AvgIpc) is 3.14. The van der Waals surface area contributed by atoms with Gasteiger partial charge in [0, 0.05) is 37.7 Å². The number of aromatic nitrogens is 2. The summed E-state index contributed by atoms with van der Waals surface area (Å²) in [7, 11) is 0. The van der Waals surface area contributed by atoms with Crippen LogP contribution in [0, 0.1) is 0 Å². The lowest BCUT2D eigenvalue weighted by molar-refractivity contribution is 0.201. The fraction of sp³-hybridized carbons (Fsp3) is 0.421. The van der Waals surface area contributed by atoms with Gasteiger partial charge in [0.1, 0.15) is 6.10 Å². The van der Waals surface area contributed by atoms with Gasteiger partial charge in [-0.15, -0.1) is 0 Å². The third kappa shape index (κ3) is 5.74. The Balaban J connectivity index is 1.39. The second kappa shape index (κ2) is 9.01. The number of nitrogens with one attached hydrogen (secondary N) is 2. The van der Waals surface area contributed by atoms with E-state index < -0.39 is 0 Å². The van der Waals surface area contributed by atoms with Crippen molar-refractivity contribution >= 4 is 6.03 Å². The Morgan fingerprint density at radius 2 is 2.04 bits per heavy atom. The minimum absolute atomic E-state index is 0.182. The maximum Gasteiger partial charge on any atom is 0.315 e. The molecule has 0 radical (unpaired) electrons. The lowest BCUT2D eigenvalue weighted by atomic mass is 10.2. The zero-order valence-electron chi connectivity index (χ0n) is 14.3. The van der Waals surface area contributed by atoms with Gasteiger partial charge < -0.3 is 15.4 Å². The smallest absolute Gasteiger partial charge is 0.315 e. The predicted octanol–water partition coefficient (Wildman–Crippen LogP) is 2.84. The normalized spacial score (nSPS) is 14.2. The van der Waals surface area contributed by atoms with E-state index in [1.165, 1.54) is 12.8 Å². The van der Waals surface area contributed by atoms with Gasteiger partial charge in [0.15, 0.2) is 0 Å². The van der Waals surface area contributed by atoms with Crippen molar-refractivity contribution in [3.63, 3.8) is 0 Å². The van der Waals surface area contributed by atoms with Gasteiger partial charge in [0.05, 0.1) is 0 Å². The van der Waals surface area contributed by atoms with E-state index in [1.807, 2.05) is 30.5 Å². The first-order valence-electron chi connectivity index (χ1n) is 8.82. The summed E-state index contributed by atoms with van der Waals surface area (Å²) in [5.41, 5.74) is 2.08. The summed E-state index contributed by atoms with van der Waals surface area (Å²) in [5, 5.41) is 5.71. The maximum atomic E-state index is 11.9. The van der Waals surface area contributed by atoms with Gasteiger partial charge in [-0.1, -0.05) is 6.07 Å². The van der Waals surface area contributed by atoms with Gasteiger partial charge >= 0.3 is 6.03 Å². The molecule has 1 aliphatic carbocycles. The minimum atomic E-state index is -0.182. The van der Waals surface area contributed by atoms with E-state index in [0.717, 1.165) is 30.4 Å². The fourth-order valence-corrected chi connectivity index (χ4v) is 2.91. The van der Waals surface area contributed by atoms with Gasteiger partial charge in [0.25, 0.3) is 0 Å². The minimum Gasteiger partial charge on any atom is -0.474 e. The SMILES string of the molecule is O=C(NCCc1cccnc1)NCc1ccnc(OC2CCCC2)c1. The van der Waals surface area contributed by atoms with Gasteiger partial charge in [-0.3, -0.25) is 4.98 Å². The van der Waals surface area contributed by atoms with E-state index in [4.69, 9.17) is 4.74 Å². The average molecular weight is 340 g/mol. The molecule has 2 N–H and O–H groups in total. The third-order valence-corrected chi connectivity index (χ3v) is 4.26. The van der Waals surface area contributed by atoms with Crippen molar-refractivity contribution < 1.29 is 9.53 Å². The van der Waals surface area contributed by atoms with E-state index in [9.17, 15) is 4.79 Å². The molecule has 0 bridgehead atoms. The first-order chi connectivity index (χ1) is 12.3. The fourth-order valence-electron chi connectivity index (χ4n) is 2.91. The van der Waals surface area contributed by atoms with Crippen LogP contribution in [-0.2, 0) is 13.0 Å². The topological polar surface area (TPSA) is 76.1 Å². The molecule has 6 nitrogen and oxygen atoms in total. The molecule has 3 rings (SSSR count). The van der Waals surface area contributed by atoms with Crippen LogP contribution in [0.3, 0.4) is 0 Å². The number of nitrogens with zero attached hydrogens (tertiary/aromatic N) is 2. The maximum absolute atomic E-state index is 11.9. The Morgan fingerprint density at radius 3 is 2.84 bits per heavy atom. The molecule has 2 aromatic heterocycles. The monoisotopic (exact) mass is 340 g/mol. The molecular formula is C19H24N4O2. The summed E-state index contributed by atoms with van der Waals surface area (Å²) in [4.78, 5) is 20.2. The van der Waals surface area contributed by atoms with Crippen LogP contribution in [0.4, 0.5) is 4.79 Å². The quantitative estimate of drug-likeness (QED) is 0.812. The predicted molar refractivity (Wildman–Crippen MR) is 95.3 cm³/mol. The Morgan fingerprint density at radius 1 is 1.16 bits per heavy atom. The van der Waals surface area contributed by atoms with Crippen LogP contribution in [-0.4, -0.2) is 28.6 Å². The van der Waals surface area contributed by atoms with Crippen molar-refractivity contribution in [3.8, 4) is 5.88 Å². The first-order valence-corrected chi connectivity index (χ1v) is 8.82. The van der Waals surface area contributed by atoms with Gasteiger partial charge in [-0.25, -0.2) is 9.78 Å². The Labute approximate surface area is 148 Å². The largest absolute Gasteiger partial charge is 0.474 e. The van der Waals surface area contributed by atoms with Crippen LogP contribution >= 0.6 is 0 Å². The molecule has 1 saturated carbocycles. The first kappa shape index (κ1) is 17.2. The van der Waals surface area contributed by atoms with Crippen molar-refractivity contribution in [1.29, 1.82) is 0 Å². The van der Waals surface area contributed by atoms with E-state index in [1.54, 1.807) is 12.4 Å². The molecule has 1 fully saturated rings. The van der Waals surface area contributed by atoms with E-state index in [-0.39, 0.29) is 12.1 Å². The molecule has 0 aromatic carbocycles. The molecule has 2 aromatic rings. The Bertz CT molecular complexity index is 672. The number of rotatable bonds is 7. The van der Waals surface area contributed by atoms with E-state index in [2.05, 4.69) is 20.6 Å². The number of pyridine rings is 2. The number of hydrogen-bond donors (Lipinski definition) is 2. The summed E-state index contributed by atoms with van der Waals surface area (Å²) in [6.07, 6.45) is 11.0. The molecule has 1 aliphatic rings. The van der Waals surface area contributed by atoms with Crippen LogP contribution in [0.2, 0.25) is 0 Å². The molecule has 0 spiro atoms. The highest BCUT2D eigenvalue weighted by molar-refractivity contribution is 5.73. The van der Waals surface area contributed by atoms with Crippen molar-refractivity contribution in [2.75, 3.05) is 6.54 Å². The standard InChI is InChI=1S/C19H24N4O2/c24-19(22-11-7-15-4-3-9-20-13-15)23-14-16-8-10-21-18(12-16)25-17-5-1-2-6-17/h3-4,8-10,12-13,17H,1-2,5-7,11,14H2,(H2,22,23,24). The number of carbonyl (C=O) groups excluding carboxylic acids is 1. The molecule has 0 aliphatic heterocycles. The Kier molecular flexibility index (Phi) is 6.20. The summed E-state index contributed by atoms with van der Waals surface area (Å²) in [6, 6.07) is 7.49. The van der Waals surface area contributed by atoms with Crippen molar-refractivity contribution in [2.24, 2.45) is 0 Å².